The van der Waals surface area contributed by atoms with Gasteiger partial charge in [-0.2, -0.15) is 0 Å². The molecular weight excluding hydrogens is 385 g/mol. The van der Waals surface area contributed by atoms with E-state index in [0.29, 0.717) is 5.41 Å². The Balaban J connectivity index is 2.21. The molecule has 0 nitrogen and oxygen atoms in total. The van der Waals surface area contributed by atoms with E-state index in [0.717, 1.165) is 43.5 Å². The number of hydrogen-bond donors (Lipinski definition) is 0. The van der Waals surface area contributed by atoms with Gasteiger partial charge in [-0.1, -0.05) is 0 Å². The van der Waals surface area contributed by atoms with E-state index in [4.69, 9.17) is 0 Å². The third kappa shape index (κ3) is 2.06. The van der Waals surface area contributed by atoms with Gasteiger partial charge in [0.2, 0.25) is 0 Å². The van der Waals surface area contributed by atoms with Crippen molar-refractivity contribution >= 4 is 25.8 Å². The van der Waals surface area contributed by atoms with Gasteiger partial charge in [-0.05, 0) is 0 Å². The summed E-state index contributed by atoms with van der Waals surface area (Å²) in [5.74, 6) is 2.52. The van der Waals surface area contributed by atoms with Crippen LogP contribution >= 0.6 is 0 Å². The van der Waals surface area contributed by atoms with E-state index >= 15 is 0 Å². The van der Waals surface area contributed by atoms with E-state index in [1.54, 1.807) is 5.57 Å². The van der Waals surface area contributed by atoms with Crippen molar-refractivity contribution in [2.45, 2.75) is 46.0 Å². The molecule has 3 unspecified atom stereocenters. The predicted octanol–water partition coefficient (Wildman–Crippen LogP) is 4.08. The predicted molar refractivity (Wildman–Crippen MR) is 71.4 cm³/mol. The molecule has 4 atom stereocenters. The van der Waals surface area contributed by atoms with Crippen molar-refractivity contribution in [3.63, 3.8) is 0 Å². The van der Waals surface area contributed by atoms with Gasteiger partial charge in [0.1, 0.15) is 0 Å². The SMILES string of the molecule is C=C1CCC[C@@]2(C)C1CCC2C(C)/C=[CH]/[Tl]. The summed E-state index contributed by atoms with van der Waals surface area (Å²) in [6.07, 6.45) is 9.40. The van der Waals surface area contributed by atoms with E-state index < -0.39 is 0 Å². The second-order valence-corrected chi connectivity index (χ2v) is 7.49. The summed E-state index contributed by atoms with van der Waals surface area (Å²) in [4.78, 5) is 0. The summed E-state index contributed by atoms with van der Waals surface area (Å²) < 4.78 is 2.39. The van der Waals surface area contributed by atoms with E-state index in [-0.39, 0.29) is 0 Å². The summed E-state index contributed by atoms with van der Waals surface area (Å²) >= 11 is 1.01. The van der Waals surface area contributed by atoms with Gasteiger partial charge in [0.25, 0.3) is 0 Å². The normalized spacial score (nSPS) is 41.2. The Morgan fingerprint density at radius 1 is 1.50 bits per heavy atom. The second kappa shape index (κ2) is 4.95. The number of fused-ring (bicyclic) bond motifs is 1. The van der Waals surface area contributed by atoms with Crippen molar-refractivity contribution in [3.05, 3.63) is 21.9 Å². The Morgan fingerprint density at radius 3 is 2.94 bits per heavy atom. The summed E-state index contributed by atoms with van der Waals surface area (Å²) in [5, 5.41) is 0. The first-order chi connectivity index (χ1) is 7.59. The van der Waals surface area contributed by atoms with E-state index in [1.165, 1.54) is 32.1 Å². The van der Waals surface area contributed by atoms with Crippen LogP contribution < -0.4 is 0 Å². The Hall–Kier alpha value is 0.402. The average Bonchev–Trinajstić information content (AvgIpc) is 2.57. The third-order valence-electron chi connectivity index (χ3n) is 5.16. The molecule has 1 heteroatoms. The molecular formula is C15H23Tl. The fourth-order valence-electron chi connectivity index (χ4n) is 4.34. The first-order valence-electron chi connectivity index (χ1n) is 6.65. The number of hydrogen-bond acceptors (Lipinski definition) is 0. The van der Waals surface area contributed by atoms with Crippen molar-refractivity contribution in [1.29, 1.82) is 0 Å². The Labute approximate surface area is 116 Å². The fourth-order valence-corrected chi connectivity index (χ4v) is 5.70. The summed E-state index contributed by atoms with van der Waals surface area (Å²) in [6.45, 7) is 9.30. The molecule has 0 aromatic carbocycles. The third-order valence-corrected chi connectivity index (χ3v) is 6.03. The molecule has 2 aliphatic carbocycles. The molecule has 0 saturated heterocycles. The fraction of sp³-hybridized carbons (Fsp3) is 0.733. The molecule has 2 fully saturated rings. The van der Waals surface area contributed by atoms with Gasteiger partial charge in [-0.25, -0.2) is 0 Å². The van der Waals surface area contributed by atoms with Gasteiger partial charge in [-0.15, -0.1) is 0 Å². The van der Waals surface area contributed by atoms with Crippen LogP contribution in [-0.2, 0) is 0 Å². The van der Waals surface area contributed by atoms with Crippen LogP contribution in [0, 0.1) is 23.2 Å². The zero-order valence-electron chi connectivity index (χ0n) is 10.7. The van der Waals surface area contributed by atoms with Crippen LogP contribution in [-0.4, -0.2) is 25.8 Å². The minimum atomic E-state index is 0.568. The number of allylic oxidation sites excluding steroid dienone is 2. The Kier molecular flexibility index (Phi) is 3.98. The minimum absolute atomic E-state index is 0.568. The molecule has 0 amide bonds. The van der Waals surface area contributed by atoms with Crippen LogP contribution in [0.3, 0.4) is 0 Å². The van der Waals surface area contributed by atoms with Crippen LogP contribution in [0.4, 0.5) is 0 Å². The van der Waals surface area contributed by atoms with Gasteiger partial charge >= 0.3 is 117 Å². The molecule has 2 aliphatic rings. The Bertz CT molecular complexity index is 305. The monoisotopic (exact) mass is 408 g/mol. The first-order valence-corrected chi connectivity index (χ1v) is 9.25. The summed E-state index contributed by atoms with van der Waals surface area (Å²) in [5.41, 5.74) is 2.12. The van der Waals surface area contributed by atoms with Gasteiger partial charge in [0.05, 0.1) is 0 Å². The van der Waals surface area contributed by atoms with E-state index in [2.05, 4.69) is 30.1 Å². The molecule has 0 N–H and O–H groups in total. The summed E-state index contributed by atoms with van der Waals surface area (Å²) in [7, 11) is 0. The molecule has 0 aromatic rings. The first kappa shape index (κ1) is 12.8. The van der Waals surface area contributed by atoms with Crippen LogP contribution in [0.2, 0.25) is 0 Å². The standard InChI is InChI=1S/C15H23.Tl/c1-5-11(2)13-8-9-14-12(3)7-6-10-15(13,14)4;/h1,5,11,13-14H,3,6-10H2,2,4H3;/t11?,13?,14?,15-;/m1./s1. The Morgan fingerprint density at radius 2 is 2.25 bits per heavy atom. The van der Waals surface area contributed by atoms with Crippen molar-refractivity contribution in [3.8, 4) is 0 Å². The second-order valence-electron chi connectivity index (χ2n) is 6.00. The quantitative estimate of drug-likeness (QED) is 0.478. The van der Waals surface area contributed by atoms with Crippen molar-refractivity contribution in [1.82, 2.24) is 0 Å². The zero-order valence-corrected chi connectivity index (χ0v) is 15.2. The molecule has 2 rings (SSSR count). The van der Waals surface area contributed by atoms with Crippen molar-refractivity contribution in [2.24, 2.45) is 23.2 Å². The van der Waals surface area contributed by atoms with Crippen molar-refractivity contribution < 1.29 is 0 Å². The molecule has 2 saturated carbocycles. The summed E-state index contributed by atoms with van der Waals surface area (Å²) in [6, 6.07) is 0. The molecule has 86 valence electrons. The van der Waals surface area contributed by atoms with Crippen LogP contribution in [0.1, 0.15) is 46.0 Å². The zero-order chi connectivity index (χ0) is 11.8. The van der Waals surface area contributed by atoms with Crippen LogP contribution in [0.25, 0.3) is 0 Å². The van der Waals surface area contributed by atoms with Crippen molar-refractivity contribution in [2.75, 3.05) is 0 Å². The molecule has 0 radical (unpaired) electrons. The molecule has 16 heavy (non-hydrogen) atoms. The van der Waals surface area contributed by atoms with E-state index in [9.17, 15) is 0 Å². The number of rotatable bonds is 2. The molecule has 0 spiro atoms. The topological polar surface area (TPSA) is 0 Å². The van der Waals surface area contributed by atoms with Gasteiger partial charge in [0, 0.05) is 0 Å². The van der Waals surface area contributed by atoms with Gasteiger partial charge < -0.3 is 0 Å². The van der Waals surface area contributed by atoms with Crippen LogP contribution in [0.5, 0.6) is 0 Å². The maximum absolute atomic E-state index is 4.33. The molecule has 0 bridgehead atoms. The van der Waals surface area contributed by atoms with Gasteiger partial charge in [0.15, 0.2) is 0 Å². The van der Waals surface area contributed by atoms with Gasteiger partial charge in [-0.3, -0.25) is 0 Å². The maximum atomic E-state index is 4.33. The average molecular weight is 408 g/mol. The van der Waals surface area contributed by atoms with Crippen LogP contribution in [0.15, 0.2) is 21.9 Å². The molecule has 0 heterocycles. The van der Waals surface area contributed by atoms with E-state index in [1.807, 2.05) is 0 Å². The molecule has 0 aliphatic heterocycles. The molecule has 0 aromatic heterocycles.